The van der Waals surface area contributed by atoms with E-state index in [1.165, 1.54) is 12.1 Å². The molecule has 0 saturated carbocycles. The summed E-state index contributed by atoms with van der Waals surface area (Å²) >= 11 is 1.41. The summed E-state index contributed by atoms with van der Waals surface area (Å²) < 4.78 is 50.2. The minimum absolute atomic E-state index is 0.123. The van der Waals surface area contributed by atoms with Crippen molar-refractivity contribution in [1.29, 1.82) is 0 Å². The summed E-state index contributed by atoms with van der Waals surface area (Å²) in [4.78, 5) is 26.8. The molecule has 2 amide bonds. The van der Waals surface area contributed by atoms with Crippen LogP contribution in [0.3, 0.4) is 0 Å². The van der Waals surface area contributed by atoms with E-state index in [0.717, 1.165) is 11.0 Å². The summed E-state index contributed by atoms with van der Waals surface area (Å²) in [6.45, 7) is 3.32. The number of hydrogen-bond donors (Lipinski definition) is 0. The lowest BCUT2D eigenvalue weighted by molar-refractivity contribution is -0.138. The lowest BCUT2D eigenvalue weighted by atomic mass is 9.73. The predicted molar refractivity (Wildman–Crippen MR) is 92.7 cm³/mol. The van der Waals surface area contributed by atoms with E-state index in [-0.39, 0.29) is 10.2 Å². The van der Waals surface area contributed by atoms with Crippen molar-refractivity contribution >= 4 is 44.6 Å². The highest BCUT2D eigenvalue weighted by Crippen LogP contribution is 2.61. The van der Waals surface area contributed by atoms with Gasteiger partial charge in [-0.25, -0.2) is 4.90 Å². The van der Waals surface area contributed by atoms with Crippen LogP contribution in [-0.4, -0.2) is 25.9 Å². The van der Waals surface area contributed by atoms with Crippen molar-refractivity contribution in [2.24, 2.45) is 11.8 Å². The molecule has 138 valence electrons. The van der Waals surface area contributed by atoms with Crippen LogP contribution in [0, 0.1) is 11.8 Å². The molecule has 5 atom stereocenters. The van der Waals surface area contributed by atoms with Gasteiger partial charge < -0.3 is 4.55 Å². The van der Waals surface area contributed by atoms with Gasteiger partial charge >= 0.3 is 6.18 Å². The highest BCUT2D eigenvalue weighted by Gasteiger charge is 2.78. The van der Waals surface area contributed by atoms with E-state index in [1.807, 2.05) is 0 Å². The van der Waals surface area contributed by atoms with Gasteiger partial charge in [0.15, 0.2) is 9.49 Å². The zero-order valence-corrected chi connectivity index (χ0v) is 16.0. The molecule has 0 aromatic heterocycles. The second-order valence-electron chi connectivity index (χ2n) is 7.10. The van der Waals surface area contributed by atoms with Crippen molar-refractivity contribution in [1.82, 2.24) is 0 Å². The fourth-order valence-corrected chi connectivity index (χ4v) is 7.05. The molecule has 0 spiro atoms. The molecule has 2 saturated heterocycles. The average Bonchev–Trinajstić information content (AvgIpc) is 3.01. The van der Waals surface area contributed by atoms with Gasteiger partial charge in [-0.2, -0.15) is 13.2 Å². The maximum absolute atomic E-state index is 13.2. The van der Waals surface area contributed by atoms with E-state index in [4.69, 9.17) is 0 Å². The summed E-state index contributed by atoms with van der Waals surface area (Å²) in [7, 11) is 0. The molecule has 3 heterocycles. The van der Waals surface area contributed by atoms with Crippen molar-refractivity contribution in [3.8, 4) is 0 Å². The molecule has 1 aromatic rings. The van der Waals surface area contributed by atoms with Crippen molar-refractivity contribution < 1.29 is 27.3 Å². The average molecular weight is 448 g/mol. The Morgan fingerprint density at radius 2 is 1.62 bits per heavy atom. The van der Waals surface area contributed by atoms with Crippen LogP contribution in [0.1, 0.15) is 19.4 Å². The minimum atomic E-state index is -4.63. The Hall–Kier alpha value is -1.32. The zero-order chi connectivity index (χ0) is 19.2. The van der Waals surface area contributed by atoms with Crippen molar-refractivity contribution in [2.75, 3.05) is 4.90 Å². The van der Waals surface area contributed by atoms with Gasteiger partial charge in [-0.1, -0.05) is 15.9 Å². The Morgan fingerprint density at radius 3 is 2.08 bits per heavy atom. The molecule has 0 aliphatic carbocycles. The lowest BCUT2D eigenvalue weighted by Crippen LogP contribution is -2.44. The first-order valence-electron chi connectivity index (χ1n) is 7.80. The van der Waals surface area contributed by atoms with Crippen LogP contribution in [0.4, 0.5) is 18.9 Å². The summed E-state index contributed by atoms with van der Waals surface area (Å²) in [6.07, 6.45) is -1.24. The van der Waals surface area contributed by atoms with Crippen molar-refractivity contribution in [3.05, 3.63) is 40.4 Å². The highest BCUT2D eigenvalue weighted by atomic mass is 79.9. The lowest BCUT2D eigenvalue weighted by Gasteiger charge is -2.28. The molecule has 4 nitrogen and oxygen atoms in total. The number of rotatable bonds is 1. The fraction of sp³-hybridized carbons (Fsp3) is 0.412. The van der Waals surface area contributed by atoms with E-state index in [2.05, 4.69) is 15.9 Å². The molecule has 1 aromatic carbocycles. The first kappa shape index (κ1) is 18.1. The van der Waals surface area contributed by atoms with Crippen LogP contribution in [-0.2, 0) is 26.9 Å². The van der Waals surface area contributed by atoms with Crippen LogP contribution in [0.5, 0.6) is 0 Å². The number of halogens is 4. The number of hydrogen-bond acceptors (Lipinski definition) is 3. The van der Waals surface area contributed by atoms with E-state index >= 15 is 0 Å². The van der Waals surface area contributed by atoms with Gasteiger partial charge in [-0.3, -0.25) is 9.59 Å². The molecule has 9 heteroatoms. The number of carbonyl (C=O) groups is 2. The van der Waals surface area contributed by atoms with Gasteiger partial charge in [-0.05, 0) is 55.4 Å². The van der Waals surface area contributed by atoms with Gasteiger partial charge in [0.05, 0.1) is 11.3 Å². The van der Waals surface area contributed by atoms with Gasteiger partial charge in [0.1, 0.15) is 11.8 Å². The number of fused-ring (bicyclic) bond motifs is 5. The summed E-state index contributed by atoms with van der Waals surface area (Å²) in [5.41, 5.74) is -1.09. The quantitative estimate of drug-likeness (QED) is 0.376. The fourth-order valence-electron chi connectivity index (χ4n) is 4.31. The molecular weight excluding hydrogens is 435 g/mol. The number of nitrogens with zero attached hydrogens (tertiary/aromatic N) is 1. The van der Waals surface area contributed by atoms with E-state index in [0.29, 0.717) is 0 Å². The third kappa shape index (κ3) is 2.02. The Bertz CT molecular complexity index is 850. The molecule has 0 N–H and O–H groups in total. The Kier molecular flexibility index (Phi) is 3.57. The highest BCUT2D eigenvalue weighted by molar-refractivity contribution is 9.10. The van der Waals surface area contributed by atoms with E-state index in [1.54, 1.807) is 26.0 Å². The molecule has 4 rings (SSSR count). The number of benzene rings is 1. The number of carbonyl (C=O) groups excluding carboxylic acids is 2. The van der Waals surface area contributed by atoms with E-state index in [9.17, 15) is 27.3 Å². The van der Waals surface area contributed by atoms with Crippen LogP contribution < -0.4 is 4.90 Å². The molecular formula is C17H13BrF3NO3S. The molecule has 3 aliphatic heterocycles. The van der Waals surface area contributed by atoms with E-state index < -0.39 is 56.1 Å². The Labute approximate surface area is 158 Å². The third-order valence-corrected chi connectivity index (χ3v) is 8.67. The maximum atomic E-state index is 13.2. The van der Waals surface area contributed by atoms with Crippen LogP contribution >= 0.6 is 15.9 Å². The second-order valence-corrected chi connectivity index (χ2v) is 10.2. The normalized spacial score (nSPS) is 38.4. The van der Waals surface area contributed by atoms with Gasteiger partial charge in [0, 0.05) is 4.47 Å². The Balaban J connectivity index is 1.81. The number of imide groups is 1. The monoisotopic (exact) mass is 447 g/mol. The van der Waals surface area contributed by atoms with Gasteiger partial charge in [-0.15, -0.1) is 0 Å². The first-order chi connectivity index (χ1) is 11.9. The van der Waals surface area contributed by atoms with Crippen molar-refractivity contribution in [2.45, 2.75) is 29.5 Å². The summed E-state index contributed by atoms with van der Waals surface area (Å²) in [6, 6.07) is 3.26. The SMILES string of the molecule is C[C@]12C=C[C@](C)([C@@H]3C(=O)N(c4ccc(Br)c(C(F)(F)F)c4)C(=O)[C@@H]31)[S+]2[O-]. The zero-order valence-electron chi connectivity index (χ0n) is 13.6. The molecule has 2 fully saturated rings. The molecule has 26 heavy (non-hydrogen) atoms. The predicted octanol–water partition coefficient (Wildman–Crippen LogP) is 3.42. The molecule has 1 unspecified atom stereocenters. The minimum Gasteiger partial charge on any atom is -0.615 e. The molecule has 3 aliphatic rings. The van der Waals surface area contributed by atoms with Crippen LogP contribution in [0.15, 0.2) is 34.8 Å². The topological polar surface area (TPSA) is 60.4 Å². The first-order valence-corrected chi connectivity index (χ1v) is 9.74. The largest absolute Gasteiger partial charge is 0.615 e. The second kappa shape index (κ2) is 5.14. The standard InChI is InChI=1S/C17H13BrF3NO3S/c1-15-5-6-16(2,26(15)25)12-11(15)13(23)22(14(12)24)8-3-4-10(18)9(7-8)17(19,20)21/h3-7,11-12H,1-2H3/t11-,12+,15+,16-,26?. The van der Waals surface area contributed by atoms with Gasteiger partial charge in [0.25, 0.3) is 0 Å². The Morgan fingerprint density at radius 1 is 1.12 bits per heavy atom. The number of anilines is 1. The summed E-state index contributed by atoms with van der Waals surface area (Å²) in [5, 5.41) is 0. The maximum Gasteiger partial charge on any atom is 0.417 e. The number of amides is 2. The summed E-state index contributed by atoms with van der Waals surface area (Å²) in [5.74, 6) is -2.86. The van der Waals surface area contributed by atoms with Gasteiger partial charge in [0.2, 0.25) is 11.8 Å². The molecule has 0 radical (unpaired) electrons. The van der Waals surface area contributed by atoms with Crippen LogP contribution in [0.2, 0.25) is 0 Å². The third-order valence-electron chi connectivity index (χ3n) is 5.60. The smallest absolute Gasteiger partial charge is 0.417 e. The van der Waals surface area contributed by atoms with Crippen molar-refractivity contribution in [3.63, 3.8) is 0 Å². The molecule has 2 bridgehead atoms. The number of alkyl halides is 3. The van der Waals surface area contributed by atoms with Crippen LogP contribution in [0.25, 0.3) is 0 Å².